The van der Waals surface area contributed by atoms with Crippen molar-refractivity contribution in [1.29, 1.82) is 0 Å². The second-order valence-electron chi connectivity index (χ2n) is 9.08. The minimum atomic E-state index is -0.569. The first-order valence-corrected chi connectivity index (χ1v) is 10.8. The van der Waals surface area contributed by atoms with Crippen LogP contribution in [-0.2, 0) is 4.79 Å². The summed E-state index contributed by atoms with van der Waals surface area (Å²) >= 11 is 6.05. The highest BCUT2D eigenvalue weighted by atomic mass is 35.5. The molecule has 1 aromatic heterocycles. The molecule has 1 unspecified atom stereocenters. The van der Waals surface area contributed by atoms with Gasteiger partial charge in [-0.15, -0.1) is 0 Å². The lowest BCUT2D eigenvalue weighted by Crippen LogP contribution is -2.55. The number of rotatable bonds is 5. The maximum Gasteiger partial charge on any atom is 0.253 e. The summed E-state index contributed by atoms with van der Waals surface area (Å²) in [7, 11) is 0. The lowest BCUT2D eigenvalue weighted by atomic mass is 9.70. The van der Waals surface area contributed by atoms with E-state index in [4.69, 9.17) is 11.6 Å². The van der Waals surface area contributed by atoms with E-state index in [0.29, 0.717) is 24.6 Å². The molecule has 1 N–H and O–H groups in total. The lowest BCUT2D eigenvalue weighted by molar-refractivity contribution is -0.137. The summed E-state index contributed by atoms with van der Waals surface area (Å²) in [6, 6.07) is 10.9. The SMILES string of the molecule is CC(C)[C@@H](NC(=O)c1cccnc1)C(=O)N1CCC(c2ccc(Cl)cc2)C(C)(C)C1. The molecule has 0 saturated carbocycles. The number of pyridine rings is 1. The number of aromatic nitrogens is 1. The first kappa shape index (κ1) is 22.3. The van der Waals surface area contributed by atoms with Gasteiger partial charge in [0.25, 0.3) is 5.91 Å². The molecule has 160 valence electrons. The van der Waals surface area contributed by atoms with E-state index < -0.39 is 6.04 Å². The molecule has 1 aliphatic heterocycles. The Hall–Kier alpha value is -2.40. The number of hydrogen-bond donors (Lipinski definition) is 1. The molecule has 1 aromatic carbocycles. The van der Waals surface area contributed by atoms with Crippen molar-refractivity contribution in [2.24, 2.45) is 11.3 Å². The highest BCUT2D eigenvalue weighted by molar-refractivity contribution is 6.30. The molecule has 1 fully saturated rings. The van der Waals surface area contributed by atoms with Crippen LogP contribution in [0.2, 0.25) is 5.02 Å². The predicted octanol–water partition coefficient (Wildman–Crippen LogP) is 4.53. The molecule has 0 aliphatic carbocycles. The number of likely N-dealkylation sites (tertiary alicyclic amines) is 1. The van der Waals surface area contributed by atoms with Crippen LogP contribution >= 0.6 is 11.6 Å². The van der Waals surface area contributed by atoms with Crippen molar-refractivity contribution in [3.05, 3.63) is 64.9 Å². The Balaban J connectivity index is 1.72. The number of piperidine rings is 1. The van der Waals surface area contributed by atoms with Gasteiger partial charge < -0.3 is 10.2 Å². The third-order valence-corrected chi connectivity index (χ3v) is 6.21. The summed E-state index contributed by atoms with van der Waals surface area (Å²) in [5.41, 5.74) is 1.62. The molecular formula is C24H30ClN3O2. The van der Waals surface area contributed by atoms with Gasteiger partial charge in [0.1, 0.15) is 6.04 Å². The first-order chi connectivity index (χ1) is 14.2. The minimum Gasteiger partial charge on any atom is -0.340 e. The summed E-state index contributed by atoms with van der Waals surface area (Å²) in [6.07, 6.45) is 4.01. The number of carbonyl (C=O) groups excluding carboxylic acids is 2. The molecule has 2 atom stereocenters. The second kappa shape index (κ2) is 9.17. The second-order valence-corrected chi connectivity index (χ2v) is 9.51. The number of halogens is 1. The summed E-state index contributed by atoms with van der Waals surface area (Å²) in [5.74, 6) is 0.0341. The van der Waals surface area contributed by atoms with Crippen LogP contribution in [0.1, 0.15) is 56.0 Å². The maximum absolute atomic E-state index is 13.4. The fourth-order valence-corrected chi connectivity index (χ4v) is 4.42. The van der Waals surface area contributed by atoms with Crippen molar-refractivity contribution in [2.45, 2.75) is 46.1 Å². The topological polar surface area (TPSA) is 62.3 Å². The number of benzene rings is 1. The Kier molecular flexibility index (Phi) is 6.81. The zero-order valence-electron chi connectivity index (χ0n) is 18.1. The fourth-order valence-electron chi connectivity index (χ4n) is 4.29. The Morgan fingerprint density at radius 3 is 2.47 bits per heavy atom. The van der Waals surface area contributed by atoms with E-state index in [9.17, 15) is 9.59 Å². The predicted molar refractivity (Wildman–Crippen MR) is 120 cm³/mol. The van der Waals surface area contributed by atoms with Gasteiger partial charge in [0.15, 0.2) is 0 Å². The van der Waals surface area contributed by atoms with Crippen LogP contribution in [-0.4, -0.2) is 40.8 Å². The fraction of sp³-hybridized carbons (Fsp3) is 0.458. The zero-order chi connectivity index (χ0) is 21.9. The van der Waals surface area contributed by atoms with Crippen LogP contribution in [0.25, 0.3) is 0 Å². The standard InChI is InChI=1S/C24H30ClN3O2/c1-16(2)21(27-22(29)18-6-5-12-26-14-18)23(30)28-13-11-20(24(3,4)15-28)17-7-9-19(25)10-8-17/h5-10,12,14,16,20-21H,11,13,15H2,1-4H3,(H,27,29)/t20?,21-/m1/s1. The largest absolute Gasteiger partial charge is 0.340 e. The van der Waals surface area contributed by atoms with Gasteiger partial charge in [-0.05, 0) is 53.5 Å². The normalized spacial score (nSPS) is 19.4. The third-order valence-electron chi connectivity index (χ3n) is 5.96. The molecule has 2 amide bonds. The van der Waals surface area contributed by atoms with Gasteiger partial charge in [0.2, 0.25) is 5.91 Å². The van der Waals surface area contributed by atoms with Crippen LogP contribution in [0.15, 0.2) is 48.8 Å². The van der Waals surface area contributed by atoms with Crippen molar-refractivity contribution in [1.82, 2.24) is 15.2 Å². The average molecular weight is 428 g/mol. The average Bonchev–Trinajstić information content (AvgIpc) is 2.72. The van der Waals surface area contributed by atoms with Gasteiger partial charge >= 0.3 is 0 Å². The molecule has 2 aromatic rings. The number of amides is 2. The summed E-state index contributed by atoms with van der Waals surface area (Å²) in [6.45, 7) is 9.62. The van der Waals surface area contributed by atoms with Gasteiger partial charge in [-0.1, -0.05) is 51.4 Å². The van der Waals surface area contributed by atoms with Crippen molar-refractivity contribution < 1.29 is 9.59 Å². The van der Waals surface area contributed by atoms with E-state index in [-0.39, 0.29) is 23.1 Å². The smallest absolute Gasteiger partial charge is 0.253 e. The minimum absolute atomic E-state index is 0.0183. The van der Waals surface area contributed by atoms with E-state index in [0.717, 1.165) is 11.4 Å². The Bertz CT molecular complexity index is 881. The zero-order valence-corrected chi connectivity index (χ0v) is 18.8. The van der Waals surface area contributed by atoms with Crippen molar-refractivity contribution in [3.8, 4) is 0 Å². The van der Waals surface area contributed by atoms with Gasteiger partial charge in [0, 0.05) is 30.5 Å². The van der Waals surface area contributed by atoms with Crippen molar-refractivity contribution >= 4 is 23.4 Å². The highest BCUT2D eigenvalue weighted by Gasteiger charge is 2.40. The van der Waals surface area contributed by atoms with E-state index in [1.54, 1.807) is 18.3 Å². The number of hydrogen-bond acceptors (Lipinski definition) is 3. The lowest BCUT2D eigenvalue weighted by Gasteiger charge is -2.45. The number of nitrogens with zero attached hydrogens (tertiary/aromatic N) is 2. The molecule has 30 heavy (non-hydrogen) atoms. The van der Waals surface area contributed by atoms with Gasteiger partial charge in [-0.2, -0.15) is 0 Å². The molecule has 5 nitrogen and oxygen atoms in total. The monoisotopic (exact) mass is 427 g/mol. The summed E-state index contributed by atoms with van der Waals surface area (Å²) in [5, 5.41) is 3.65. The Morgan fingerprint density at radius 1 is 1.20 bits per heavy atom. The molecule has 0 bridgehead atoms. The van der Waals surface area contributed by atoms with E-state index >= 15 is 0 Å². The third kappa shape index (κ3) is 5.01. The molecular weight excluding hydrogens is 398 g/mol. The molecule has 6 heteroatoms. The van der Waals surface area contributed by atoms with E-state index in [1.807, 2.05) is 30.9 Å². The molecule has 2 heterocycles. The highest BCUT2D eigenvalue weighted by Crippen LogP contribution is 2.42. The van der Waals surface area contributed by atoms with E-state index in [1.165, 1.54) is 11.8 Å². The number of nitrogens with one attached hydrogen (secondary N) is 1. The van der Waals surface area contributed by atoms with Gasteiger partial charge in [-0.3, -0.25) is 14.6 Å². The van der Waals surface area contributed by atoms with Crippen molar-refractivity contribution in [2.75, 3.05) is 13.1 Å². The first-order valence-electron chi connectivity index (χ1n) is 10.4. The Labute approximate surface area is 183 Å². The summed E-state index contributed by atoms with van der Waals surface area (Å²) < 4.78 is 0. The molecule has 0 radical (unpaired) electrons. The molecule has 1 saturated heterocycles. The summed E-state index contributed by atoms with van der Waals surface area (Å²) in [4.78, 5) is 31.9. The van der Waals surface area contributed by atoms with Crippen molar-refractivity contribution in [3.63, 3.8) is 0 Å². The molecule has 3 rings (SSSR count). The van der Waals surface area contributed by atoms with E-state index in [2.05, 4.69) is 36.3 Å². The van der Waals surface area contributed by atoms with Crippen LogP contribution in [0.5, 0.6) is 0 Å². The van der Waals surface area contributed by atoms with Crippen LogP contribution in [0.3, 0.4) is 0 Å². The van der Waals surface area contributed by atoms with Crippen LogP contribution in [0, 0.1) is 11.3 Å². The quantitative estimate of drug-likeness (QED) is 0.762. The molecule has 0 spiro atoms. The van der Waals surface area contributed by atoms with Gasteiger partial charge in [-0.25, -0.2) is 0 Å². The maximum atomic E-state index is 13.4. The van der Waals surface area contributed by atoms with Crippen LogP contribution in [0.4, 0.5) is 0 Å². The number of carbonyl (C=O) groups is 2. The Morgan fingerprint density at radius 2 is 1.90 bits per heavy atom. The van der Waals surface area contributed by atoms with Gasteiger partial charge in [0.05, 0.1) is 5.56 Å². The molecule has 1 aliphatic rings. The van der Waals surface area contributed by atoms with Crippen LogP contribution < -0.4 is 5.32 Å².